The van der Waals surface area contributed by atoms with Crippen molar-refractivity contribution in [2.75, 3.05) is 45.7 Å². The monoisotopic (exact) mass is 504 g/mol. The highest BCUT2D eigenvalue weighted by atomic mass is 15.5. The Morgan fingerprint density at radius 2 is 1.92 bits per heavy atom. The van der Waals surface area contributed by atoms with E-state index in [1.165, 1.54) is 11.1 Å². The van der Waals surface area contributed by atoms with Crippen molar-refractivity contribution in [3.8, 4) is 0 Å². The van der Waals surface area contributed by atoms with E-state index in [4.69, 9.17) is 10.1 Å². The van der Waals surface area contributed by atoms with E-state index in [-0.39, 0.29) is 12.2 Å². The van der Waals surface area contributed by atoms with Gasteiger partial charge in [0.2, 0.25) is 0 Å². The summed E-state index contributed by atoms with van der Waals surface area (Å²) in [5, 5.41) is 10.6. The van der Waals surface area contributed by atoms with Crippen LogP contribution in [0.4, 0.5) is 5.69 Å². The molecule has 3 N–H and O–H groups in total. The fourth-order valence-electron chi connectivity index (χ4n) is 5.03. The molecule has 1 fully saturated rings. The molecule has 0 aromatic heterocycles. The summed E-state index contributed by atoms with van der Waals surface area (Å²) >= 11 is 0. The lowest BCUT2D eigenvalue weighted by molar-refractivity contribution is 0.0994. The zero-order valence-corrected chi connectivity index (χ0v) is 23.5. The van der Waals surface area contributed by atoms with Gasteiger partial charge in [-0.1, -0.05) is 51.1 Å². The number of anilines is 1. The van der Waals surface area contributed by atoms with Gasteiger partial charge in [-0.3, -0.25) is 15.3 Å². The number of nitrogens with one attached hydrogen (secondary N) is 3. The van der Waals surface area contributed by atoms with Crippen molar-refractivity contribution in [2.45, 2.75) is 52.9 Å². The van der Waals surface area contributed by atoms with Crippen molar-refractivity contribution in [2.24, 2.45) is 16.0 Å². The topological polar surface area (TPSA) is 70.5 Å². The largest absolute Gasteiger partial charge is 0.335 e. The Labute approximate surface area is 222 Å². The number of hydrazine groups is 1. The molecule has 0 aliphatic carbocycles. The van der Waals surface area contributed by atoms with Crippen molar-refractivity contribution in [3.05, 3.63) is 65.2 Å². The van der Waals surface area contributed by atoms with Gasteiger partial charge in [0.05, 0.1) is 11.7 Å². The number of aryl methyl sites for hydroxylation is 1. The number of amidine groups is 2. The highest BCUT2D eigenvalue weighted by Gasteiger charge is 2.37. The van der Waals surface area contributed by atoms with E-state index in [1.54, 1.807) is 0 Å². The van der Waals surface area contributed by atoms with Crippen LogP contribution in [0.25, 0.3) is 0 Å². The molecular formula is C29H44N8. The SMILES string of the molecule is CCN(C)Nc1ccc(C2=NNC(=NC(C)c3ccccc3)C(N3CCNC(C(C)C)C3)N2C)cc1C. The van der Waals surface area contributed by atoms with E-state index in [9.17, 15) is 0 Å². The Morgan fingerprint density at radius 1 is 1.16 bits per heavy atom. The molecule has 37 heavy (non-hydrogen) atoms. The zero-order valence-electron chi connectivity index (χ0n) is 23.5. The first kappa shape index (κ1) is 27.1. The van der Waals surface area contributed by atoms with Crippen molar-refractivity contribution < 1.29 is 0 Å². The van der Waals surface area contributed by atoms with Crippen molar-refractivity contribution in [3.63, 3.8) is 0 Å². The van der Waals surface area contributed by atoms with Crippen LogP contribution in [0, 0.1) is 12.8 Å². The maximum atomic E-state index is 5.16. The Morgan fingerprint density at radius 3 is 2.59 bits per heavy atom. The minimum atomic E-state index is -0.0219. The number of hydrogen-bond acceptors (Lipinski definition) is 7. The van der Waals surface area contributed by atoms with E-state index < -0.39 is 0 Å². The van der Waals surface area contributed by atoms with Gasteiger partial charge in [0.15, 0.2) is 11.7 Å². The number of piperazine rings is 1. The summed E-state index contributed by atoms with van der Waals surface area (Å²) in [6.07, 6.45) is -0.0219. The summed E-state index contributed by atoms with van der Waals surface area (Å²) in [5.41, 5.74) is 11.4. The molecule has 2 aromatic rings. The molecule has 1 saturated heterocycles. The standard InChI is InChI=1S/C29H44N8/c1-8-35(6)34-25-15-14-24(18-21(25)4)28-33-32-27(31-22(5)23-12-10-9-11-13-23)29(36(28)7)37-17-16-30-26(19-37)20(2)3/h9-15,18,20,22,26,29-30,34H,8,16-17,19H2,1-7H3,(H,31,32). The third-order valence-corrected chi connectivity index (χ3v) is 7.49. The Kier molecular flexibility index (Phi) is 8.84. The second kappa shape index (κ2) is 12.1. The first-order valence-corrected chi connectivity index (χ1v) is 13.5. The number of hydrogen-bond donors (Lipinski definition) is 3. The molecule has 2 aromatic carbocycles. The van der Waals surface area contributed by atoms with Crippen LogP contribution in [-0.4, -0.2) is 79.0 Å². The lowest BCUT2D eigenvalue weighted by Gasteiger charge is -2.46. The van der Waals surface area contributed by atoms with E-state index in [0.29, 0.717) is 12.0 Å². The molecule has 0 saturated carbocycles. The van der Waals surface area contributed by atoms with Crippen LogP contribution in [0.2, 0.25) is 0 Å². The zero-order chi connectivity index (χ0) is 26.5. The van der Waals surface area contributed by atoms with Gasteiger partial charge in [0.25, 0.3) is 0 Å². The van der Waals surface area contributed by atoms with Crippen LogP contribution >= 0.6 is 0 Å². The third-order valence-electron chi connectivity index (χ3n) is 7.49. The van der Waals surface area contributed by atoms with Crippen LogP contribution in [-0.2, 0) is 0 Å². The van der Waals surface area contributed by atoms with Gasteiger partial charge in [-0.15, -0.1) is 0 Å². The molecule has 4 rings (SSSR count). The molecule has 0 radical (unpaired) electrons. The second-order valence-corrected chi connectivity index (χ2v) is 10.6. The molecule has 3 unspecified atom stereocenters. The summed E-state index contributed by atoms with van der Waals surface area (Å²) in [6.45, 7) is 14.8. The van der Waals surface area contributed by atoms with Gasteiger partial charge in [-0.25, -0.2) is 5.01 Å². The predicted molar refractivity (Wildman–Crippen MR) is 155 cm³/mol. The lowest BCUT2D eigenvalue weighted by atomic mass is 10.0. The molecule has 3 atom stereocenters. The molecule has 2 aliphatic heterocycles. The Hall–Kier alpha value is -2.94. The van der Waals surface area contributed by atoms with Gasteiger partial charge in [0, 0.05) is 51.9 Å². The molecule has 0 amide bonds. The number of nitrogens with zero attached hydrogens (tertiary/aromatic N) is 5. The highest BCUT2D eigenvalue weighted by molar-refractivity contribution is 6.05. The van der Waals surface area contributed by atoms with E-state index in [1.807, 2.05) is 6.07 Å². The summed E-state index contributed by atoms with van der Waals surface area (Å²) in [7, 11) is 4.20. The van der Waals surface area contributed by atoms with Crippen molar-refractivity contribution in [1.82, 2.24) is 25.6 Å². The number of rotatable bonds is 8. The first-order chi connectivity index (χ1) is 17.8. The first-order valence-electron chi connectivity index (χ1n) is 13.5. The minimum absolute atomic E-state index is 0.0219. The highest BCUT2D eigenvalue weighted by Crippen LogP contribution is 2.24. The third kappa shape index (κ3) is 6.32. The molecule has 2 heterocycles. The minimum Gasteiger partial charge on any atom is -0.335 e. The number of benzene rings is 2. The second-order valence-electron chi connectivity index (χ2n) is 10.6. The fourth-order valence-corrected chi connectivity index (χ4v) is 5.03. The normalized spacial score (nSPS) is 22.8. The summed E-state index contributed by atoms with van der Waals surface area (Å²) in [6, 6.07) is 17.4. The van der Waals surface area contributed by atoms with Crippen molar-refractivity contribution >= 4 is 17.4 Å². The maximum absolute atomic E-state index is 5.16. The van der Waals surface area contributed by atoms with Gasteiger partial charge in [0.1, 0.15) is 6.17 Å². The van der Waals surface area contributed by atoms with E-state index >= 15 is 0 Å². The average Bonchev–Trinajstić information content (AvgIpc) is 2.90. The lowest BCUT2D eigenvalue weighted by Crippen LogP contribution is -2.65. The maximum Gasteiger partial charge on any atom is 0.157 e. The van der Waals surface area contributed by atoms with Gasteiger partial charge >= 0.3 is 0 Å². The molecule has 8 heteroatoms. The van der Waals surface area contributed by atoms with Crippen LogP contribution in [0.1, 0.15) is 50.4 Å². The molecule has 0 bridgehead atoms. The van der Waals surface area contributed by atoms with Gasteiger partial charge < -0.3 is 15.6 Å². The summed E-state index contributed by atoms with van der Waals surface area (Å²) < 4.78 is 0. The van der Waals surface area contributed by atoms with Gasteiger partial charge in [-0.05, 0) is 49.1 Å². The molecule has 200 valence electrons. The number of aliphatic imine (C=N–C) groups is 1. The summed E-state index contributed by atoms with van der Waals surface area (Å²) in [4.78, 5) is 9.99. The van der Waals surface area contributed by atoms with E-state index in [0.717, 1.165) is 49.1 Å². The predicted octanol–water partition coefficient (Wildman–Crippen LogP) is 3.89. The Bertz CT molecular complexity index is 1100. The molecule has 8 nitrogen and oxygen atoms in total. The van der Waals surface area contributed by atoms with Crippen LogP contribution in [0.15, 0.2) is 58.6 Å². The fraction of sp³-hybridized carbons (Fsp3) is 0.517. The molecule has 0 spiro atoms. The Balaban J connectivity index is 1.67. The van der Waals surface area contributed by atoms with Crippen LogP contribution in [0.5, 0.6) is 0 Å². The smallest absolute Gasteiger partial charge is 0.157 e. The van der Waals surface area contributed by atoms with E-state index in [2.05, 4.69) is 122 Å². The molecular weight excluding hydrogens is 460 g/mol. The van der Waals surface area contributed by atoms with Gasteiger partial charge in [-0.2, -0.15) is 5.10 Å². The number of hydrazone groups is 1. The van der Waals surface area contributed by atoms with Crippen LogP contribution in [0.3, 0.4) is 0 Å². The van der Waals surface area contributed by atoms with Crippen LogP contribution < -0.4 is 16.2 Å². The van der Waals surface area contributed by atoms with Crippen molar-refractivity contribution in [1.29, 1.82) is 0 Å². The number of likely N-dealkylation sites (N-methyl/N-ethyl adjacent to an activating group) is 1. The average molecular weight is 505 g/mol. The summed E-state index contributed by atoms with van der Waals surface area (Å²) in [5.74, 6) is 2.38. The molecule has 2 aliphatic rings. The quantitative estimate of drug-likeness (QED) is 0.474.